The van der Waals surface area contributed by atoms with Crippen molar-refractivity contribution in [1.82, 2.24) is 15.3 Å². The number of amides is 1. The van der Waals surface area contributed by atoms with Crippen molar-refractivity contribution in [1.29, 1.82) is 0 Å². The predicted octanol–water partition coefficient (Wildman–Crippen LogP) is 1.75. The Kier molecular flexibility index (Phi) is 3.62. The first-order valence-corrected chi connectivity index (χ1v) is 7.21. The van der Waals surface area contributed by atoms with E-state index in [1.54, 1.807) is 12.4 Å². The van der Waals surface area contributed by atoms with E-state index in [0.717, 1.165) is 31.7 Å². The Balaban J connectivity index is 1.62. The molecule has 1 amide bonds. The maximum atomic E-state index is 12.0. The summed E-state index contributed by atoms with van der Waals surface area (Å²) in [6.07, 6.45) is 10.3. The van der Waals surface area contributed by atoms with E-state index >= 15 is 0 Å². The van der Waals surface area contributed by atoms with Crippen molar-refractivity contribution in [2.75, 3.05) is 18.0 Å². The quantitative estimate of drug-likeness (QED) is 0.899. The summed E-state index contributed by atoms with van der Waals surface area (Å²) < 4.78 is 0. The van der Waals surface area contributed by atoms with Crippen molar-refractivity contribution < 1.29 is 4.79 Å². The summed E-state index contributed by atoms with van der Waals surface area (Å²) in [5.41, 5.74) is 0.426. The van der Waals surface area contributed by atoms with Gasteiger partial charge in [0.25, 0.3) is 5.91 Å². The molecule has 19 heavy (non-hydrogen) atoms. The molecule has 1 saturated heterocycles. The zero-order chi connectivity index (χ0) is 13.1. The minimum absolute atomic E-state index is 0.0904. The van der Waals surface area contributed by atoms with E-state index in [4.69, 9.17) is 0 Å². The van der Waals surface area contributed by atoms with E-state index in [1.165, 1.54) is 25.7 Å². The van der Waals surface area contributed by atoms with Crippen molar-refractivity contribution in [2.24, 2.45) is 0 Å². The molecule has 0 radical (unpaired) electrons. The number of hydrogen-bond acceptors (Lipinski definition) is 4. The third-order valence-electron chi connectivity index (χ3n) is 3.99. The lowest BCUT2D eigenvalue weighted by Crippen LogP contribution is -2.33. The Bertz CT molecular complexity index is 433. The van der Waals surface area contributed by atoms with Gasteiger partial charge in [-0.3, -0.25) is 4.79 Å². The van der Waals surface area contributed by atoms with Gasteiger partial charge >= 0.3 is 0 Å². The van der Waals surface area contributed by atoms with Gasteiger partial charge in [0, 0.05) is 19.1 Å². The average Bonchev–Trinajstić information content (AvgIpc) is 3.12. The number of anilines is 1. The van der Waals surface area contributed by atoms with Crippen molar-refractivity contribution in [3.63, 3.8) is 0 Å². The minimum atomic E-state index is -0.0904. The molecule has 1 saturated carbocycles. The fourth-order valence-corrected chi connectivity index (χ4v) is 2.88. The molecule has 1 aliphatic heterocycles. The van der Waals surface area contributed by atoms with Gasteiger partial charge in [-0.1, -0.05) is 12.8 Å². The highest BCUT2D eigenvalue weighted by Crippen LogP contribution is 2.18. The summed E-state index contributed by atoms with van der Waals surface area (Å²) in [7, 11) is 0. The molecule has 1 N–H and O–H groups in total. The number of hydrogen-bond donors (Lipinski definition) is 1. The summed E-state index contributed by atoms with van der Waals surface area (Å²) in [5.74, 6) is 0.794. The molecule has 1 aromatic heterocycles. The number of aromatic nitrogens is 2. The molecule has 0 unspecified atom stereocenters. The minimum Gasteiger partial charge on any atom is -0.355 e. The van der Waals surface area contributed by atoms with Crippen LogP contribution in [0.1, 0.15) is 49.0 Å². The van der Waals surface area contributed by atoms with Crippen LogP contribution < -0.4 is 10.2 Å². The molecule has 0 aromatic carbocycles. The van der Waals surface area contributed by atoms with E-state index in [1.807, 2.05) is 0 Å². The van der Waals surface area contributed by atoms with Crippen molar-refractivity contribution in [3.05, 3.63) is 18.1 Å². The lowest BCUT2D eigenvalue weighted by Gasteiger charge is -2.16. The molecule has 5 nitrogen and oxygen atoms in total. The predicted molar refractivity (Wildman–Crippen MR) is 73.2 cm³/mol. The maximum Gasteiger partial charge on any atom is 0.271 e. The van der Waals surface area contributed by atoms with Gasteiger partial charge in [-0.15, -0.1) is 0 Å². The number of nitrogens with one attached hydrogen (secondary N) is 1. The average molecular weight is 260 g/mol. The van der Waals surface area contributed by atoms with E-state index in [2.05, 4.69) is 20.2 Å². The summed E-state index contributed by atoms with van der Waals surface area (Å²) in [6, 6.07) is 0.326. The van der Waals surface area contributed by atoms with E-state index in [0.29, 0.717) is 11.7 Å². The number of carbonyl (C=O) groups excluding carboxylic acids is 1. The van der Waals surface area contributed by atoms with E-state index in [-0.39, 0.29) is 5.91 Å². The molecule has 1 aliphatic carbocycles. The smallest absolute Gasteiger partial charge is 0.271 e. The van der Waals surface area contributed by atoms with Crippen LogP contribution >= 0.6 is 0 Å². The molecular weight excluding hydrogens is 240 g/mol. The van der Waals surface area contributed by atoms with Crippen molar-refractivity contribution in [2.45, 2.75) is 44.6 Å². The number of carbonyl (C=O) groups is 1. The van der Waals surface area contributed by atoms with Gasteiger partial charge in [0.2, 0.25) is 0 Å². The number of rotatable bonds is 3. The Morgan fingerprint density at radius 3 is 2.47 bits per heavy atom. The first-order valence-electron chi connectivity index (χ1n) is 7.21. The third kappa shape index (κ3) is 2.85. The van der Waals surface area contributed by atoms with Crippen LogP contribution in [0, 0.1) is 0 Å². The molecule has 102 valence electrons. The molecule has 5 heteroatoms. The zero-order valence-electron chi connectivity index (χ0n) is 11.1. The molecule has 0 atom stereocenters. The van der Waals surface area contributed by atoms with Gasteiger partial charge in [0.15, 0.2) is 0 Å². The van der Waals surface area contributed by atoms with Crippen LogP contribution in [-0.2, 0) is 0 Å². The van der Waals surface area contributed by atoms with Crippen LogP contribution in [0.2, 0.25) is 0 Å². The Hall–Kier alpha value is -1.65. The maximum absolute atomic E-state index is 12.0. The van der Waals surface area contributed by atoms with Crippen molar-refractivity contribution in [3.8, 4) is 0 Å². The Morgan fingerprint density at radius 2 is 1.84 bits per heavy atom. The normalized spacial score (nSPS) is 19.9. The second kappa shape index (κ2) is 5.55. The second-order valence-electron chi connectivity index (χ2n) is 5.41. The second-order valence-corrected chi connectivity index (χ2v) is 5.41. The van der Waals surface area contributed by atoms with Crippen LogP contribution in [0.4, 0.5) is 5.82 Å². The van der Waals surface area contributed by atoms with Gasteiger partial charge in [-0.05, 0) is 25.7 Å². The fourth-order valence-electron chi connectivity index (χ4n) is 2.88. The van der Waals surface area contributed by atoms with Crippen LogP contribution in [0.5, 0.6) is 0 Å². The summed E-state index contributed by atoms with van der Waals surface area (Å²) in [6.45, 7) is 2.09. The molecule has 3 rings (SSSR count). The molecule has 0 spiro atoms. The fraction of sp³-hybridized carbons (Fsp3) is 0.643. The first kappa shape index (κ1) is 12.4. The highest BCUT2D eigenvalue weighted by molar-refractivity contribution is 5.92. The van der Waals surface area contributed by atoms with E-state index in [9.17, 15) is 4.79 Å². The first-order chi connectivity index (χ1) is 9.33. The summed E-state index contributed by atoms with van der Waals surface area (Å²) >= 11 is 0. The lowest BCUT2D eigenvalue weighted by molar-refractivity contribution is 0.0932. The van der Waals surface area contributed by atoms with Crippen LogP contribution in [0.3, 0.4) is 0 Å². The Labute approximate surface area is 113 Å². The molecule has 0 bridgehead atoms. The van der Waals surface area contributed by atoms with Crippen LogP contribution in [-0.4, -0.2) is 35.0 Å². The molecule has 2 heterocycles. The SMILES string of the molecule is O=C(NC1CCCC1)c1cnc(N2CCCC2)cn1. The molecule has 1 aromatic rings. The van der Waals surface area contributed by atoms with Gasteiger partial charge in [-0.2, -0.15) is 0 Å². The summed E-state index contributed by atoms with van der Waals surface area (Å²) in [5, 5.41) is 3.03. The van der Waals surface area contributed by atoms with Gasteiger partial charge in [0.1, 0.15) is 11.5 Å². The Morgan fingerprint density at radius 1 is 1.11 bits per heavy atom. The van der Waals surface area contributed by atoms with Gasteiger partial charge in [0.05, 0.1) is 12.4 Å². The lowest BCUT2D eigenvalue weighted by atomic mass is 10.2. The highest BCUT2D eigenvalue weighted by Gasteiger charge is 2.19. The van der Waals surface area contributed by atoms with Gasteiger partial charge < -0.3 is 10.2 Å². The standard InChI is InChI=1S/C14H20N4O/c19-14(17-11-5-1-2-6-11)12-9-16-13(10-15-12)18-7-3-4-8-18/h9-11H,1-8H2,(H,17,19). The van der Waals surface area contributed by atoms with Gasteiger partial charge in [-0.25, -0.2) is 9.97 Å². The zero-order valence-corrected chi connectivity index (χ0v) is 11.1. The van der Waals surface area contributed by atoms with Crippen LogP contribution in [0.25, 0.3) is 0 Å². The molecular formula is C14H20N4O. The van der Waals surface area contributed by atoms with Crippen LogP contribution in [0.15, 0.2) is 12.4 Å². The topological polar surface area (TPSA) is 58.1 Å². The van der Waals surface area contributed by atoms with Crippen molar-refractivity contribution >= 4 is 11.7 Å². The monoisotopic (exact) mass is 260 g/mol. The molecule has 2 aliphatic rings. The summed E-state index contributed by atoms with van der Waals surface area (Å²) in [4.78, 5) is 22.8. The number of nitrogens with zero attached hydrogens (tertiary/aromatic N) is 3. The molecule has 2 fully saturated rings. The van der Waals surface area contributed by atoms with E-state index < -0.39 is 0 Å². The largest absolute Gasteiger partial charge is 0.355 e. The highest BCUT2D eigenvalue weighted by atomic mass is 16.1. The third-order valence-corrected chi connectivity index (χ3v) is 3.99.